The zero-order valence-electron chi connectivity index (χ0n) is 9.74. The number of likely N-dealkylation sites (N-methyl/N-ethyl adjacent to an activating group) is 1. The Kier molecular flexibility index (Phi) is 2.44. The summed E-state index contributed by atoms with van der Waals surface area (Å²) < 4.78 is 0. The minimum atomic E-state index is 0.743. The van der Waals surface area contributed by atoms with Crippen molar-refractivity contribution in [1.29, 1.82) is 0 Å². The second kappa shape index (κ2) is 3.95. The standard InChI is InChI=1S/C14H18N2/c1-16-8-2-3-13(16)9-11-4-5-12-6-7-15-14(12)10-11/h4-7,10,13,15H,2-3,8-9H2,1H3. The van der Waals surface area contributed by atoms with Crippen molar-refractivity contribution in [3.63, 3.8) is 0 Å². The Hall–Kier alpha value is -1.28. The van der Waals surface area contributed by atoms with Gasteiger partial charge in [0.2, 0.25) is 0 Å². The molecule has 1 unspecified atom stereocenters. The van der Waals surface area contributed by atoms with Gasteiger partial charge in [-0.2, -0.15) is 0 Å². The predicted molar refractivity (Wildman–Crippen MR) is 67.7 cm³/mol. The first-order valence-corrected chi connectivity index (χ1v) is 6.09. The van der Waals surface area contributed by atoms with E-state index in [0.29, 0.717) is 0 Å². The average molecular weight is 214 g/mol. The van der Waals surface area contributed by atoms with E-state index >= 15 is 0 Å². The van der Waals surface area contributed by atoms with Crippen LogP contribution in [0.2, 0.25) is 0 Å². The van der Waals surface area contributed by atoms with Crippen molar-refractivity contribution < 1.29 is 0 Å². The molecule has 2 heterocycles. The summed E-state index contributed by atoms with van der Waals surface area (Å²) in [4.78, 5) is 5.77. The summed E-state index contributed by atoms with van der Waals surface area (Å²) in [5, 5.41) is 1.31. The molecule has 2 aromatic rings. The molecule has 1 fully saturated rings. The lowest BCUT2D eigenvalue weighted by atomic mass is 10.0. The lowest BCUT2D eigenvalue weighted by Crippen LogP contribution is -2.26. The topological polar surface area (TPSA) is 19.0 Å². The van der Waals surface area contributed by atoms with Crippen molar-refractivity contribution in [2.24, 2.45) is 0 Å². The van der Waals surface area contributed by atoms with E-state index in [1.165, 1.54) is 42.3 Å². The number of rotatable bonds is 2. The van der Waals surface area contributed by atoms with Gasteiger partial charge >= 0.3 is 0 Å². The van der Waals surface area contributed by atoms with Crippen molar-refractivity contribution in [2.45, 2.75) is 25.3 Å². The molecule has 1 saturated heterocycles. The van der Waals surface area contributed by atoms with Crippen LogP contribution in [-0.2, 0) is 6.42 Å². The molecule has 0 bridgehead atoms. The second-order valence-corrected chi connectivity index (χ2v) is 4.88. The van der Waals surface area contributed by atoms with Gasteiger partial charge in [0.25, 0.3) is 0 Å². The molecule has 0 radical (unpaired) electrons. The predicted octanol–water partition coefficient (Wildman–Crippen LogP) is 2.80. The zero-order valence-corrected chi connectivity index (χ0v) is 9.74. The normalized spacial score (nSPS) is 21.9. The van der Waals surface area contributed by atoms with Crippen LogP contribution in [0.4, 0.5) is 0 Å². The molecule has 2 heteroatoms. The Labute approximate surface area is 96.3 Å². The SMILES string of the molecule is CN1CCCC1Cc1ccc2cc[nH]c2c1. The summed E-state index contributed by atoms with van der Waals surface area (Å²) >= 11 is 0. The van der Waals surface area contributed by atoms with Gasteiger partial charge in [0, 0.05) is 17.8 Å². The molecule has 0 spiro atoms. The molecule has 0 amide bonds. The molecule has 1 N–H and O–H groups in total. The van der Waals surface area contributed by atoms with E-state index in [4.69, 9.17) is 0 Å². The largest absolute Gasteiger partial charge is 0.361 e. The molecule has 0 aliphatic carbocycles. The van der Waals surface area contributed by atoms with E-state index in [1.807, 2.05) is 6.20 Å². The van der Waals surface area contributed by atoms with Gasteiger partial charge in [-0.25, -0.2) is 0 Å². The minimum absolute atomic E-state index is 0.743. The number of likely N-dealkylation sites (tertiary alicyclic amines) is 1. The first-order chi connectivity index (χ1) is 7.83. The quantitative estimate of drug-likeness (QED) is 0.814. The number of aromatic amines is 1. The molecule has 1 aliphatic rings. The molecule has 1 aromatic heterocycles. The van der Waals surface area contributed by atoms with Crippen molar-refractivity contribution in [1.82, 2.24) is 9.88 Å². The first-order valence-electron chi connectivity index (χ1n) is 6.09. The molecule has 1 atom stereocenters. The maximum atomic E-state index is 3.28. The fourth-order valence-corrected chi connectivity index (χ4v) is 2.73. The van der Waals surface area contributed by atoms with Crippen LogP contribution < -0.4 is 0 Å². The van der Waals surface area contributed by atoms with Crippen LogP contribution in [0, 0.1) is 0 Å². The number of H-pyrrole nitrogens is 1. The van der Waals surface area contributed by atoms with E-state index in [9.17, 15) is 0 Å². The summed E-state index contributed by atoms with van der Waals surface area (Å²) in [6, 6.07) is 9.65. The van der Waals surface area contributed by atoms with Gasteiger partial charge < -0.3 is 9.88 Å². The van der Waals surface area contributed by atoms with E-state index in [-0.39, 0.29) is 0 Å². The molecule has 2 nitrogen and oxygen atoms in total. The molecular weight excluding hydrogens is 196 g/mol. The highest BCUT2D eigenvalue weighted by Gasteiger charge is 2.20. The second-order valence-electron chi connectivity index (χ2n) is 4.88. The van der Waals surface area contributed by atoms with Gasteiger partial charge in [-0.3, -0.25) is 0 Å². The lowest BCUT2D eigenvalue weighted by Gasteiger charge is -2.19. The summed E-state index contributed by atoms with van der Waals surface area (Å²) in [5.74, 6) is 0. The minimum Gasteiger partial charge on any atom is -0.361 e. The highest BCUT2D eigenvalue weighted by molar-refractivity contribution is 5.79. The summed E-state index contributed by atoms with van der Waals surface area (Å²) in [5.41, 5.74) is 2.71. The van der Waals surface area contributed by atoms with Crippen molar-refractivity contribution in [2.75, 3.05) is 13.6 Å². The fourth-order valence-electron chi connectivity index (χ4n) is 2.73. The van der Waals surface area contributed by atoms with Gasteiger partial charge in [-0.05, 0) is 55.9 Å². The number of nitrogens with zero attached hydrogens (tertiary/aromatic N) is 1. The number of hydrogen-bond acceptors (Lipinski definition) is 1. The van der Waals surface area contributed by atoms with Gasteiger partial charge in [-0.15, -0.1) is 0 Å². The molecule has 1 aromatic carbocycles. The fraction of sp³-hybridized carbons (Fsp3) is 0.429. The molecular formula is C14H18N2. The summed E-state index contributed by atoms with van der Waals surface area (Å²) in [6.45, 7) is 1.26. The number of nitrogens with one attached hydrogen (secondary N) is 1. The molecule has 1 aliphatic heterocycles. The number of fused-ring (bicyclic) bond motifs is 1. The first kappa shape index (κ1) is 9.91. The van der Waals surface area contributed by atoms with Crippen molar-refractivity contribution in [3.05, 3.63) is 36.0 Å². The Morgan fingerprint density at radius 1 is 1.38 bits per heavy atom. The third kappa shape index (κ3) is 1.74. The average Bonchev–Trinajstić information content (AvgIpc) is 2.88. The van der Waals surface area contributed by atoms with E-state index < -0.39 is 0 Å². The van der Waals surface area contributed by atoms with Gasteiger partial charge in [-0.1, -0.05) is 12.1 Å². The van der Waals surface area contributed by atoms with Crippen molar-refractivity contribution in [3.8, 4) is 0 Å². The number of benzene rings is 1. The maximum absolute atomic E-state index is 3.28. The van der Waals surface area contributed by atoms with Crippen LogP contribution in [0.25, 0.3) is 10.9 Å². The Bertz CT molecular complexity index is 486. The van der Waals surface area contributed by atoms with Gasteiger partial charge in [0.1, 0.15) is 0 Å². The molecule has 84 valence electrons. The van der Waals surface area contributed by atoms with Crippen molar-refractivity contribution >= 4 is 10.9 Å². The maximum Gasteiger partial charge on any atom is 0.0456 e. The number of aromatic nitrogens is 1. The number of hydrogen-bond donors (Lipinski definition) is 1. The van der Waals surface area contributed by atoms with E-state index in [2.05, 4.69) is 41.2 Å². The van der Waals surface area contributed by atoms with Crippen LogP contribution in [0.3, 0.4) is 0 Å². The molecule has 3 rings (SSSR count). The van der Waals surface area contributed by atoms with Crippen LogP contribution in [-0.4, -0.2) is 29.5 Å². The lowest BCUT2D eigenvalue weighted by molar-refractivity contribution is 0.309. The monoisotopic (exact) mass is 214 g/mol. The van der Waals surface area contributed by atoms with Gasteiger partial charge in [0.05, 0.1) is 0 Å². The van der Waals surface area contributed by atoms with Gasteiger partial charge in [0.15, 0.2) is 0 Å². The Morgan fingerprint density at radius 2 is 2.31 bits per heavy atom. The summed E-state index contributed by atoms with van der Waals surface area (Å²) in [6.07, 6.45) is 5.90. The Balaban J connectivity index is 1.83. The smallest absolute Gasteiger partial charge is 0.0456 e. The van der Waals surface area contributed by atoms with E-state index in [0.717, 1.165) is 6.04 Å². The van der Waals surface area contributed by atoms with Crippen LogP contribution in [0.1, 0.15) is 18.4 Å². The zero-order chi connectivity index (χ0) is 11.0. The Morgan fingerprint density at radius 3 is 3.12 bits per heavy atom. The third-order valence-electron chi connectivity index (χ3n) is 3.76. The van der Waals surface area contributed by atoms with Crippen LogP contribution in [0.5, 0.6) is 0 Å². The summed E-state index contributed by atoms with van der Waals surface area (Å²) in [7, 11) is 2.24. The third-order valence-corrected chi connectivity index (χ3v) is 3.76. The molecule has 0 saturated carbocycles. The van der Waals surface area contributed by atoms with Crippen LogP contribution >= 0.6 is 0 Å². The highest BCUT2D eigenvalue weighted by Crippen LogP contribution is 2.21. The van der Waals surface area contributed by atoms with E-state index in [1.54, 1.807) is 0 Å². The van der Waals surface area contributed by atoms with Crippen LogP contribution in [0.15, 0.2) is 30.5 Å². The molecule has 16 heavy (non-hydrogen) atoms. The highest BCUT2D eigenvalue weighted by atomic mass is 15.1.